The van der Waals surface area contributed by atoms with Gasteiger partial charge in [0, 0.05) is 79.5 Å². The number of oxime groups is 1. The molecule has 0 radical (unpaired) electrons. The molecule has 2 N–H and O–H groups in total. The van der Waals surface area contributed by atoms with Crippen molar-refractivity contribution in [2.75, 3.05) is 43.9 Å². The number of carbonyl (C=O) groups excluding carboxylic acids is 1. The van der Waals surface area contributed by atoms with E-state index in [0.717, 1.165) is 83.2 Å². The number of Topliss-reactive ketones (excluding diaryl/α,β-unsaturated/α-hetero) is 1. The quantitative estimate of drug-likeness (QED) is 0.158. The summed E-state index contributed by atoms with van der Waals surface area (Å²) >= 11 is 3.32. The molecular formula is C30H35N7O2S2. The van der Waals surface area contributed by atoms with Crippen LogP contribution in [0, 0.1) is 12.8 Å². The molecule has 3 aromatic heterocycles. The number of rotatable bonds is 9. The molecule has 4 aromatic rings. The minimum Gasteiger partial charge on any atom is -0.411 e. The Balaban J connectivity index is 1.11. The van der Waals surface area contributed by atoms with E-state index >= 15 is 0 Å². The monoisotopic (exact) mass is 589 g/mol. The molecule has 2 saturated heterocycles. The highest BCUT2D eigenvalue weighted by molar-refractivity contribution is 8.00. The highest BCUT2D eigenvalue weighted by Gasteiger charge is 2.44. The number of carbonyl (C=O) groups is 1. The molecule has 0 saturated carbocycles. The van der Waals surface area contributed by atoms with E-state index in [1.807, 2.05) is 49.0 Å². The highest BCUT2D eigenvalue weighted by atomic mass is 32.2. The zero-order valence-corrected chi connectivity index (χ0v) is 25.0. The number of ketones is 1. The number of H-pyrrole nitrogens is 1. The lowest BCUT2D eigenvalue weighted by Gasteiger charge is -2.33. The number of aryl methyl sites for hydroxylation is 1. The number of nitrogens with zero attached hydrogens (tertiary/aromatic N) is 6. The fourth-order valence-corrected chi connectivity index (χ4v) is 7.78. The number of nitrogens with one attached hydrogen (secondary N) is 1. The number of aromatic nitrogens is 4. The van der Waals surface area contributed by atoms with Gasteiger partial charge in [-0.2, -0.15) is 5.10 Å². The first kappa shape index (κ1) is 27.9. The van der Waals surface area contributed by atoms with Crippen molar-refractivity contribution >= 4 is 50.6 Å². The molecule has 1 atom stereocenters. The molecule has 5 heterocycles. The van der Waals surface area contributed by atoms with Crippen LogP contribution < -0.4 is 4.90 Å². The molecule has 9 nitrogen and oxygen atoms in total. The van der Waals surface area contributed by atoms with Crippen LogP contribution in [0.2, 0.25) is 0 Å². The van der Waals surface area contributed by atoms with Crippen LogP contribution in [0.5, 0.6) is 0 Å². The lowest BCUT2D eigenvalue weighted by Crippen LogP contribution is -2.42. The van der Waals surface area contributed by atoms with Gasteiger partial charge < -0.3 is 10.1 Å². The van der Waals surface area contributed by atoms with Crippen molar-refractivity contribution in [3.63, 3.8) is 0 Å². The Labute approximate surface area is 248 Å². The van der Waals surface area contributed by atoms with Gasteiger partial charge in [-0.05, 0) is 62.3 Å². The molecule has 2 aliphatic rings. The first-order chi connectivity index (χ1) is 20.0. The van der Waals surface area contributed by atoms with Crippen molar-refractivity contribution in [2.45, 2.75) is 37.4 Å². The van der Waals surface area contributed by atoms with E-state index in [4.69, 9.17) is 0 Å². The molecule has 0 spiro atoms. The van der Waals surface area contributed by atoms with Gasteiger partial charge in [-0.3, -0.25) is 19.8 Å². The molecule has 11 heteroatoms. The summed E-state index contributed by atoms with van der Waals surface area (Å²) in [5.41, 5.74) is 5.60. The van der Waals surface area contributed by atoms with E-state index in [-0.39, 0.29) is 11.7 Å². The number of piperidine rings is 1. The number of fused-ring (bicyclic) bond motifs is 1. The second kappa shape index (κ2) is 11.9. The van der Waals surface area contributed by atoms with Crippen LogP contribution in [0.3, 0.4) is 0 Å². The third kappa shape index (κ3) is 5.75. The SMILES string of the molecule is CS[C@@]1(C(=O)Cc2ccc3[nH]nc(-c4ccnc(C)c4)c3c2)CCN(CC(=NO)C2CCN(c3nccs3)CC2)C1. The molecule has 2 fully saturated rings. The number of likely N-dealkylation sites (tertiary alicyclic amines) is 1. The van der Waals surface area contributed by atoms with Crippen LogP contribution in [0.15, 0.2) is 53.3 Å². The average Bonchev–Trinajstić information content (AvgIpc) is 3.77. The third-order valence-corrected chi connectivity index (χ3v) is 10.7. The maximum Gasteiger partial charge on any atom is 0.185 e. The number of thiazole rings is 1. The molecule has 6 rings (SSSR count). The van der Waals surface area contributed by atoms with Crippen molar-refractivity contribution in [1.82, 2.24) is 25.1 Å². The van der Waals surface area contributed by atoms with E-state index in [0.29, 0.717) is 19.5 Å². The van der Waals surface area contributed by atoms with Crippen molar-refractivity contribution in [1.29, 1.82) is 0 Å². The average molecular weight is 590 g/mol. The van der Waals surface area contributed by atoms with E-state index in [2.05, 4.69) is 41.2 Å². The summed E-state index contributed by atoms with van der Waals surface area (Å²) < 4.78 is -0.467. The van der Waals surface area contributed by atoms with Crippen LogP contribution in [0.25, 0.3) is 22.2 Å². The van der Waals surface area contributed by atoms with Crippen molar-refractivity contribution < 1.29 is 10.0 Å². The van der Waals surface area contributed by atoms with Crippen LogP contribution in [-0.4, -0.2) is 85.5 Å². The Morgan fingerprint density at radius 1 is 1.20 bits per heavy atom. The largest absolute Gasteiger partial charge is 0.411 e. The molecule has 0 amide bonds. The standard InChI is InChI=1S/C30H35N7O2S2/c1-20-15-23(5-9-31-20)28-24-16-21(3-4-25(24)33-34-28)17-27(38)30(40-2)8-13-36(19-30)18-26(35-39)22-6-11-37(12-7-22)29-32-10-14-41-29/h3-5,9-10,14-16,22,39H,6-8,11-13,17-19H2,1-2H3,(H,33,34)/t30-/m0/s1. The predicted molar refractivity (Wildman–Crippen MR) is 166 cm³/mol. The van der Waals surface area contributed by atoms with Crippen molar-refractivity contribution in [3.8, 4) is 11.3 Å². The fourth-order valence-electron chi connectivity index (χ4n) is 6.18. The second-order valence-electron chi connectivity index (χ2n) is 11.1. The first-order valence-corrected chi connectivity index (χ1v) is 16.1. The van der Waals surface area contributed by atoms with E-state index in [1.54, 1.807) is 29.3 Å². The molecule has 0 bridgehead atoms. The topological polar surface area (TPSA) is 111 Å². The number of hydrogen-bond acceptors (Lipinski definition) is 10. The Morgan fingerprint density at radius 3 is 2.78 bits per heavy atom. The van der Waals surface area contributed by atoms with Gasteiger partial charge in [0.2, 0.25) is 0 Å². The summed E-state index contributed by atoms with van der Waals surface area (Å²) in [6.45, 7) is 5.87. The normalized spacial score (nSPS) is 20.7. The fraction of sp³-hybridized carbons (Fsp3) is 0.433. The smallest absolute Gasteiger partial charge is 0.185 e. The second-order valence-corrected chi connectivity index (χ2v) is 13.1. The van der Waals surface area contributed by atoms with Crippen molar-refractivity contribution in [2.24, 2.45) is 11.1 Å². The minimum atomic E-state index is -0.467. The van der Waals surface area contributed by atoms with Crippen molar-refractivity contribution in [3.05, 3.63) is 59.4 Å². The predicted octanol–water partition coefficient (Wildman–Crippen LogP) is 5.06. The van der Waals surface area contributed by atoms with Gasteiger partial charge in [0.05, 0.1) is 16.0 Å². The maximum atomic E-state index is 13.8. The van der Waals surface area contributed by atoms with Gasteiger partial charge in [-0.25, -0.2) is 4.98 Å². The molecular weight excluding hydrogens is 555 g/mol. The summed E-state index contributed by atoms with van der Waals surface area (Å²) in [5.74, 6) is 0.493. The summed E-state index contributed by atoms with van der Waals surface area (Å²) in [6, 6.07) is 10.1. The maximum absolute atomic E-state index is 13.8. The first-order valence-electron chi connectivity index (χ1n) is 14.0. The van der Waals surface area contributed by atoms with Gasteiger partial charge in [-0.1, -0.05) is 11.2 Å². The lowest BCUT2D eigenvalue weighted by molar-refractivity contribution is -0.120. The van der Waals surface area contributed by atoms with E-state index in [1.165, 1.54) is 0 Å². The summed E-state index contributed by atoms with van der Waals surface area (Å²) in [4.78, 5) is 27.2. The Bertz CT molecular complexity index is 1550. The van der Waals surface area contributed by atoms with Crippen LogP contribution >= 0.6 is 23.1 Å². The molecule has 2 aliphatic heterocycles. The van der Waals surface area contributed by atoms with Gasteiger partial charge >= 0.3 is 0 Å². The van der Waals surface area contributed by atoms with E-state index < -0.39 is 4.75 Å². The summed E-state index contributed by atoms with van der Waals surface area (Å²) in [7, 11) is 0. The Morgan fingerprint density at radius 2 is 2.05 bits per heavy atom. The van der Waals surface area contributed by atoms with Crippen LogP contribution in [-0.2, 0) is 11.2 Å². The molecule has 0 aliphatic carbocycles. The van der Waals surface area contributed by atoms with Gasteiger partial charge in [0.1, 0.15) is 5.69 Å². The molecule has 1 aromatic carbocycles. The zero-order valence-electron chi connectivity index (χ0n) is 23.4. The summed E-state index contributed by atoms with van der Waals surface area (Å²) in [5, 5.41) is 25.4. The van der Waals surface area contributed by atoms with Crippen LogP contribution in [0.1, 0.15) is 30.5 Å². The van der Waals surface area contributed by atoms with Crippen LogP contribution in [0.4, 0.5) is 5.13 Å². The van der Waals surface area contributed by atoms with Gasteiger partial charge in [0.25, 0.3) is 0 Å². The summed E-state index contributed by atoms with van der Waals surface area (Å²) in [6.07, 6.45) is 8.74. The molecule has 0 unspecified atom stereocenters. The van der Waals surface area contributed by atoms with Gasteiger partial charge in [0.15, 0.2) is 10.9 Å². The third-order valence-electron chi connectivity index (χ3n) is 8.54. The van der Waals surface area contributed by atoms with E-state index in [9.17, 15) is 10.0 Å². The zero-order chi connectivity index (χ0) is 28.4. The number of anilines is 1. The van der Waals surface area contributed by atoms with Gasteiger partial charge in [-0.15, -0.1) is 23.1 Å². The molecule has 214 valence electrons. The molecule has 41 heavy (non-hydrogen) atoms. The lowest BCUT2D eigenvalue weighted by atomic mass is 9.91. The number of thioether (sulfide) groups is 1. The minimum absolute atomic E-state index is 0.246. The number of aromatic amines is 1. The number of benzene rings is 1. The Kier molecular flexibility index (Phi) is 8.10. The highest BCUT2D eigenvalue weighted by Crippen LogP contribution is 2.37. The number of hydrogen-bond donors (Lipinski definition) is 2. The Hall–Kier alpha value is -3.28. The number of pyridine rings is 1.